The lowest BCUT2D eigenvalue weighted by molar-refractivity contribution is 0.243. The second kappa shape index (κ2) is 5.50. The van der Waals surface area contributed by atoms with Gasteiger partial charge >= 0.3 is 0 Å². The van der Waals surface area contributed by atoms with Crippen molar-refractivity contribution in [3.05, 3.63) is 0 Å². The maximum Gasteiger partial charge on any atom is 0.151 e. The summed E-state index contributed by atoms with van der Waals surface area (Å²) in [4.78, 5) is 0. The summed E-state index contributed by atoms with van der Waals surface area (Å²) in [6.45, 7) is 0. The number of hydrogen-bond donors (Lipinski definition) is 4. The van der Waals surface area contributed by atoms with Crippen LogP contribution in [0.15, 0.2) is 0 Å². The lowest BCUT2D eigenvalue weighted by atomic mass is 9.77. The van der Waals surface area contributed by atoms with Gasteiger partial charge in [-0.15, -0.1) is 0 Å². The van der Waals surface area contributed by atoms with Gasteiger partial charge in [-0.2, -0.15) is 0 Å². The molecule has 0 unspecified atom stereocenters. The molecule has 0 bridgehead atoms. The third-order valence-corrected chi connectivity index (χ3v) is 4.18. The zero-order valence-corrected chi connectivity index (χ0v) is 9.59. The Balaban J connectivity index is 2.00. The minimum absolute atomic E-state index is 0.214. The van der Waals surface area contributed by atoms with Crippen LogP contribution >= 0.6 is 23.5 Å². The average Bonchev–Trinajstić information content (AvgIpc) is 1.99. The van der Waals surface area contributed by atoms with Gasteiger partial charge in [-0.05, 0) is 24.7 Å². The van der Waals surface area contributed by atoms with Gasteiger partial charge in [0.1, 0.15) is 0 Å². The fourth-order valence-corrected chi connectivity index (χ4v) is 2.94. The molecule has 0 amide bonds. The summed E-state index contributed by atoms with van der Waals surface area (Å²) < 4.78 is 0. The molecule has 14 heavy (non-hydrogen) atoms. The number of nitrogens with one attached hydrogen (secondary N) is 2. The van der Waals surface area contributed by atoms with Gasteiger partial charge in [0.05, 0.1) is 0 Å². The van der Waals surface area contributed by atoms with Gasteiger partial charge in [0.2, 0.25) is 0 Å². The fourth-order valence-electron chi connectivity index (χ4n) is 1.56. The summed E-state index contributed by atoms with van der Waals surface area (Å²) in [5.74, 6) is 3.36. The zero-order chi connectivity index (χ0) is 10.6. The van der Waals surface area contributed by atoms with Crippen LogP contribution in [0.25, 0.3) is 0 Å². The van der Waals surface area contributed by atoms with Gasteiger partial charge < -0.3 is 11.5 Å². The van der Waals surface area contributed by atoms with E-state index in [9.17, 15) is 0 Å². The molecule has 1 rings (SSSR count). The molecule has 6 heteroatoms. The molecule has 0 aromatic rings. The molecule has 1 saturated carbocycles. The van der Waals surface area contributed by atoms with Crippen LogP contribution < -0.4 is 11.5 Å². The van der Waals surface area contributed by atoms with Crippen LogP contribution in [0.1, 0.15) is 12.8 Å². The van der Waals surface area contributed by atoms with Crippen molar-refractivity contribution in [3.63, 3.8) is 0 Å². The van der Waals surface area contributed by atoms with E-state index in [1.54, 1.807) is 0 Å². The molecule has 1 aliphatic rings. The van der Waals surface area contributed by atoms with Crippen LogP contribution in [0.3, 0.4) is 0 Å². The van der Waals surface area contributed by atoms with E-state index in [0.717, 1.165) is 11.5 Å². The third kappa shape index (κ3) is 4.23. The second-order valence-corrected chi connectivity index (χ2v) is 5.68. The Bertz CT molecular complexity index is 203. The molecule has 0 aromatic heterocycles. The molecule has 1 aliphatic carbocycles. The first-order valence-electron chi connectivity index (χ1n) is 4.51. The van der Waals surface area contributed by atoms with Crippen molar-refractivity contribution in [3.8, 4) is 0 Å². The lowest BCUT2D eigenvalue weighted by Gasteiger charge is -2.34. The van der Waals surface area contributed by atoms with Crippen molar-refractivity contribution < 1.29 is 0 Å². The molecule has 0 heterocycles. The second-order valence-electron chi connectivity index (χ2n) is 3.55. The monoisotopic (exact) mass is 232 g/mol. The predicted molar refractivity (Wildman–Crippen MR) is 65.0 cm³/mol. The maximum atomic E-state index is 7.07. The van der Waals surface area contributed by atoms with E-state index in [-0.39, 0.29) is 10.3 Å². The van der Waals surface area contributed by atoms with Crippen molar-refractivity contribution >= 4 is 33.9 Å². The molecule has 1 fully saturated rings. The summed E-state index contributed by atoms with van der Waals surface area (Å²) in [6, 6.07) is 0. The van der Waals surface area contributed by atoms with Crippen molar-refractivity contribution in [2.24, 2.45) is 23.3 Å². The van der Waals surface area contributed by atoms with Crippen LogP contribution in [-0.2, 0) is 0 Å². The molecule has 0 saturated heterocycles. The molecule has 0 aliphatic heterocycles. The van der Waals surface area contributed by atoms with Gasteiger partial charge in [-0.25, -0.2) is 0 Å². The van der Waals surface area contributed by atoms with Crippen LogP contribution in [-0.4, -0.2) is 21.8 Å². The minimum Gasteiger partial charge on any atom is -0.379 e. The fraction of sp³-hybridized carbons (Fsp3) is 0.750. The van der Waals surface area contributed by atoms with Crippen LogP contribution in [0, 0.1) is 22.7 Å². The first kappa shape index (κ1) is 11.7. The zero-order valence-electron chi connectivity index (χ0n) is 7.95. The van der Waals surface area contributed by atoms with Crippen LogP contribution in [0.2, 0.25) is 0 Å². The minimum atomic E-state index is 0.214. The molecule has 6 N–H and O–H groups in total. The molecule has 4 nitrogen and oxygen atoms in total. The Kier molecular flexibility index (Phi) is 4.60. The van der Waals surface area contributed by atoms with Gasteiger partial charge in [-0.3, -0.25) is 10.8 Å². The van der Waals surface area contributed by atoms with E-state index >= 15 is 0 Å². The number of rotatable bonds is 4. The van der Waals surface area contributed by atoms with Gasteiger partial charge in [0.25, 0.3) is 0 Å². The number of thioether (sulfide) groups is 2. The van der Waals surface area contributed by atoms with E-state index in [4.69, 9.17) is 22.3 Å². The standard InChI is InChI=1S/C8H16N4S2/c9-7(10)13-3-5-1-6(2-5)4-14-8(11)12/h5-6H,1-4H2,(H3,9,10)(H3,11,12)/t5-,6+. The molecule has 0 aromatic carbocycles. The van der Waals surface area contributed by atoms with Crippen molar-refractivity contribution in [1.29, 1.82) is 10.8 Å². The lowest BCUT2D eigenvalue weighted by Crippen LogP contribution is -2.28. The highest BCUT2D eigenvalue weighted by Crippen LogP contribution is 2.37. The maximum absolute atomic E-state index is 7.07. The largest absolute Gasteiger partial charge is 0.379 e. The summed E-state index contributed by atoms with van der Waals surface area (Å²) in [6.07, 6.45) is 2.39. The molecule has 80 valence electrons. The van der Waals surface area contributed by atoms with E-state index in [1.165, 1.54) is 36.4 Å². The number of hydrogen-bond acceptors (Lipinski definition) is 4. The molecule has 0 spiro atoms. The molecule has 0 atom stereocenters. The Labute approximate surface area is 92.6 Å². The van der Waals surface area contributed by atoms with Crippen molar-refractivity contribution in [2.75, 3.05) is 11.5 Å². The summed E-state index contributed by atoms with van der Waals surface area (Å²) >= 11 is 2.86. The van der Waals surface area contributed by atoms with E-state index < -0.39 is 0 Å². The van der Waals surface area contributed by atoms with E-state index in [1.807, 2.05) is 0 Å². The summed E-state index contributed by atoms with van der Waals surface area (Å²) in [5.41, 5.74) is 10.5. The quantitative estimate of drug-likeness (QED) is 0.433. The Morgan fingerprint density at radius 1 is 1.00 bits per heavy atom. The Morgan fingerprint density at radius 2 is 1.36 bits per heavy atom. The summed E-state index contributed by atoms with van der Waals surface area (Å²) in [5, 5.41) is 14.6. The Hall–Kier alpha value is -0.360. The van der Waals surface area contributed by atoms with Gasteiger partial charge in [-0.1, -0.05) is 23.5 Å². The summed E-state index contributed by atoms with van der Waals surface area (Å²) in [7, 11) is 0. The van der Waals surface area contributed by atoms with Crippen molar-refractivity contribution in [2.45, 2.75) is 12.8 Å². The highest BCUT2D eigenvalue weighted by molar-refractivity contribution is 8.13. The van der Waals surface area contributed by atoms with Gasteiger partial charge in [0.15, 0.2) is 10.3 Å². The molecule has 0 radical (unpaired) electrons. The number of amidine groups is 2. The topological polar surface area (TPSA) is 99.7 Å². The SMILES string of the molecule is N=C(N)SC[C@H]1C[C@@H](CSC(=N)N)C1. The third-order valence-electron chi connectivity index (χ3n) is 2.28. The molecular weight excluding hydrogens is 216 g/mol. The van der Waals surface area contributed by atoms with Crippen LogP contribution in [0.5, 0.6) is 0 Å². The highest BCUT2D eigenvalue weighted by Gasteiger charge is 2.28. The van der Waals surface area contributed by atoms with Crippen LogP contribution in [0.4, 0.5) is 0 Å². The van der Waals surface area contributed by atoms with Crippen molar-refractivity contribution in [1.82, 2.24) is 0 Å². The number of nitrogens with two attached hydrogens (primary N) is 2. The molecular formula is C8H16N4S2. The first-order chi connectivity index (χ1) is 6.58. The smallest absolute Gasteiger partial charge is 0.151 e. The van der Waals surface area contributed by atoms with E-state index in [2.05, 4.69) is 0 Å². The predicted octanol–water partition coefficient (Wildman–Crippen LogP) is 1.27. The Morgan fingerprint density at radius 3 is 1.64 bits per heavy atom. The van der Waals surface area contributed by atoms with E-state index in [0.29, 0.717) is 11.8 Å². The normalized spacial score (nSPS) is 25.4. The van der Waals surface area contributed by atoms with Gasteiger partial charge in [0, 0.05) is 11.5 Å². The average molecular weight is 232 g/mol. The first-order valence-corrected chi connectivity index (χ1v) is 6.48. The highest BCUT2D eigenvalue weighted by atomic mass is 32.2.